The van der Waals surface area contributed by atoms with Gasteiger partial charge in [-0.25, -0.2) is 4.79 Å². The molecule has 0 saturated heterocycles. The summed E-state index contributed by atoms with van der Waals surface area (Å²) in [5.74, 6) is -0.333. The fourth-order valence-corrected chi connectivity index (χ4v) is 4.01. The van der Waals surface area contributed by atoms with Crippen molar-refractivity contribution in [2.24, 2.45) is 0 Å². The quantitative estimate of drug-likeness (QED) is 0.175. The van der Waals surface area contributed by atoms with Crippen LogP contribution in [0.25, 0.3) is 21.8 Å². The lowest BCUT2D eigenvalue weighted by atomic mass is 10.1. The van der Waals surface area contributed by atoms with Crippen LogP contribution >= 0.6 is 0 Å². The van der Waals surface area contributed by atoms with Crippen LogP contribution in [-0.4, -0.2) is 47.9 Å². The first-order chi connectivity index (χ1) is 16.4. The molecule has 2 aromatic heterocycles. The number of hydrogen-bond donors (Lipinski definition) is 0. The molecule has 0 spiro atoms. The molecule has 0 aliphatic rings. The van der Waals surface area contributed by atoms with Gasteiger partial charge in [0.15, 0.2) is 6.54 Å². The zero-order chi connectivity index (χ0) is 24.2. The summed E-state index contributed by atoms with van der Waals surface area (Å²) in [7, 11) is 9.76. The molecule has 34 heavy (non-hydrogen) atoms. The molecule has 7 heteroatoms. The predicted molar refractivity (Wildman–Crippen MR) is 134 cm³/mol. The van der Waals surface area contributed by atoms with E-state index in [1.807, 2.05) is 28.2 Å². The van der Waals surface area contributed by atoms with Crippen LogP contribution in [0.1, 0.15) is 16.8 Å². The molecule has 4 aromatic rings. The van der Waals surface area contributed by atoms with Crippen molar-refractivity contribution in [1.82, 2.24) is 0 Å². The van der Waals surface area contributed by atoms with Crippen LogP contribution in [0.4, 0.5) is 11.4 Å². The van der Waals surface area contributed by atoms with Crippen molar-refractivity contribution in [2.45, 2.75) is 13.0 Å². The van der Waals surface area contributed by atoms with Gasteiger partial charge in [0.2, 0.25) is 23.4 Å². The Bertz CT molecular complexity index is 1250. The number of aromatic nitrogens is 2. The summed E-state index contributed by atoms with van der Waals surface area (Å²) in [5.41, 5.74) is 5.12. The number of aryl methyl sites for hydroxylation is 1. The number of fused-ring (bicyclic) bond motifs is 2. The third-order valence-electron chi connectivity index (χ3n) is 5.96. The lowest BCUT2D eigenvalue weighted by Crippen LogP contribution is -2.39. The Morgan fingerprint density at radius 3 is 1.88 bits per heavy atom. The highest BCUT2D eigenvalue weighted by atomic mass is 16.6. The molecule has 176 valence electrons. The van der Waals surface area contributed by atoms with E-state index in [-0.39, 0.29) is 5.97 Å². The first kappa shape index (κ1) is 23.3. The normalized spacial score (nSPS) is 11.0. The summed E-state index contributed by atoms with van der Waals surface area (Å²) < 4.78 is 9.41. The Morgan fingerprint density at radius 1 is 0.824 bits per heavy atom. The minimum absolute atomic E-state index is 0.333. The zero-order valence-corrected chi connectivity index (χ0v) is 20.5. The smallest absolute Gasteiger partial charge is 0.338 e. The molecule has 0 amide bonds. The van der Waals surface area contributed by atoms with E-state index in [1.165, 1.54) is 15.5 Å². The fourth-order valence-electron chi connectivity index (χ4n) is 4.01. The fraction of sp³-hybridized carbons (Fsp3) is 0.296. The maximum Gasteiger partial charge on any atom is 0.338 e. The Hall–Kier alpha value is -3.87. The monoisotopic (exact) mass is 460 g/mol. The second kappa shape index (κ2) is 9.95. The molecule has 0 radical (unpaired) electrons. The van der Waals surface area contributed by atoms with Gasteiger partial charge in [-0.2, -0.15) is 4.57 Å². The third-order valence-corrected chi connectivity index (χ3v) is 5.96. The Kier molecular flexibility index (Phi) is 6.82. The van der Waals surface area contributed by atoms with Gasteiger partial charge in [-0.15, -0.1) is 0 Å². The second-order valence-corrected chi connectivity index (χ2v) is 8.69. The molecule has 0 saturated carbocycles. The van der Waals surface area contributed by atoms with Crippen molar-refractivity contribution in [3.63, 3.8) is 0 Å². The predicted octanol–water partition coefficient (Wildman–Crippen LogP) is 3.01. The summed E-state index contributed by atoms with van der Waals surface area (Å²) in [6.07, 6.45) is 4.06. The Balaban J connectivity index is 1.60. The van der Waals surface area contributed by atoms with Gasteiger partial charge < -0.3 is 14.5 Å². The number of rotatable bonds is 8. The molecule has 0 fully saturated rings. The van der Waals surface area contributed by atoms with E-state index in [9.17, 15) is 4.79 Å². The van der Waals surface area contributed by atoms with Gasteiger partial charge in [0.05, 0.1) is 12.2 Å². The summed E-state index contributed by atoms with van der Waals surface area (Å²) in [6.45, 7) is 1.07. The van der Waals surface area contributed by atoms with Crippen LogP contribution in [-0.2, 0) is 11.3 Å². The van der Waals surface area contributed by atoms with Gasteiger partial charge in [0.25, 0.3) is 0 Å². The van der Waals surface area contributed by atoms with Crippen LogP contribution < -0.4 is 23.9 Å². The van der Waals surface area contributed by atoms with E-state index in [0.29, 0.717) is 18.6 Å². The van der Waals surface area contributed by atoms with E-state index in [2.05, 4.69) is 56.8 Å². The first-order valence-electron chi connectivity index (χ1n) is 11.4. The first-order valence-corrected chi connectivity index (χ1v) is 11.4. The van der Waals surface area contributed by atoms with Crippen molar-refractivity contribution >= 4 is 39.1 Å². The number of pyridine rings is 2. The average Bonchev–Trinajstić information content (AvgIpc) is 2.85. The number of nitrogens with zero attached hydrogens (tertiary/aromatic N) is 4. The summed E-state index contributed by atoms with van der Waals surface area (Å²) in [5, 5.41) is 2.37. The zero-order valence-electron chi connectivity index (χ0n) is 20.5. The molecule has 7 nitrogen and oxygen atoms in total. The number of hydrogen-bond acceptors (Lipinski definition) is 5. The molecule has 0 aliphatic heterocycles. The molecule has 2 heterocycles. The molecule has 0 atom stereocenters. The topological polar surface area (TPSA) is 49.8 Å². The van der Waals surface area contributed by atoms with E-state index in [4.69, 9.17) is 9.57 Å². The molecular formula is C27H32N4O3+2. The van der Waals surface area contributed by atoms with Crippen molar-refractivity contribution < 1.29 is 23.7 Å². The number of anilines is 2. The number of benzene rings is 2. The highest BCUT2D eigenvalue weighted by molar-refractivity contribution is 5.91. The van der Waals surface area contributed by atoms with Gasteiger partial charge in [0.1, 0.15) is 7.11 Å². The van der Waals surface area contributed by atoms with Gasteiger partial charge in [-0.3, -0.25) is 4.84 Å². The standard InChI is InChI=1S/C27H32N4O3/c1-28(2)23-9-7-21-17-22-8-10-24(29(3)4)19-26(22)31(25(21)18-23)13-6-16-34-27(32)20-11-14-30(33-5)15-12-20/h7-12,14-15,17-19H,6,13,16H2,1-5H3/q+2. The molecule has 2 aromatic carbocycles. The van der Waals surface area contributed by atoms with Crippen molar-refractivity contribution in [3.8, 4) is 0 Å². The molecule has 0 unspecified atom stereocenters. The van der Waals surface area contributed by atoms with Gasteiger partial charge in [-0.05, 0) is 30.3 Å². The van der Waals surface area contributed by atoms with Crippen LogP contribution in [0.3, 0.4) is 0 Å². The highest BCUT2D eigenvalue weighted by Gasteiger charge is 2.18. The van der Waals surface area contributed by atoms with Gasteiger partial charge >= 0.3 is 5.97 Å². The molecule has 4 rings (SSSR count). The molecule has 0 bridgehead atoms. The number of carbonyl (C=O) groups is 1. The molecule has 0 N–H and O–H groups in total. The van der Waals surface area contributed by atoms with Crippen molar-refractivity contribution in [2.75, 3.05) is 51.7 Å². The van der Waals surface area contributed by atoms with E-state index in [1.54, 1.807) is 31.6 Å². The van der Waals surface area contributed by atoms with Gasteiger partial charge in [0, 0.05) is 85.8 Å². The average molecular weight is 461 g/mol. The Morgan fingerprint density at radius 2 is 1.38 bits per heavy atom. The van der Waals surface area contributed by atoms with E-state index >= 15 is 0 Å². The van der Waals surface area contributed by atoms with Crippen LogP contribution in [0, 0.1) is 0 Å². The number of carbonyl (C=O) groups excluding carboxylic acids is 1. The van der Waals surface area contributed by atoms with Crippen LogP contribution in [0.2, 0.25) is 0 Å². The lowest BCUT2D eigenvalue weighted by Gasteiger charge is -2.15. The summed E-state index contributed by atoms with van der Waals surface area (Å²) in [4.78, 5) is 21.7. The largest absolute Gasteiger partial charge is 0.462 e. The van der Waals surface area contributed by atoms with E-state index < -0.39 is 0 Å². The maximum atomic E-state index is 12.4. The van der Waals surface area contributed by atoms with E-state index in [0.717, 1.165) is 29.0 Å². The Labute approximate surface area is 200 Å². The van der Waals surface area contributed by atoms with Crippen molar-refractivity contribution in [1.29, 1.82) is 0 Å². The van der Waals surface area contributed by atoms with Gasteiger partial charge in [-0.1, -0.05) is 0 Å². The number of esters is 1. The molecular weight excluding hydrogens is 428 g/mol. The summed E-state index contributed by atoms with van der Waals surface area (Å²) >= 11 is 0. The molecule has 0 aliphatic carbocycles. The summed E-state index contributed by atoms with van der Waals surface area (Å²) in [6, 6.07) is 18.7. The lowest BCUT2D eigenvalue weighted by molar-refractivity contribution is -0.885. The SMILES string of the molecule is CO[n+]1ccc(C(=O)OCCC[n+]2c3cc(N(C)C)ccc3cc3ccc(N(C)C)cc32)cc1. The van der Waals surface area contributed by atoms with Crippen molar-refractivity contribution in [3.05, 3.63) is 72.6 Å². The second-order valence-electron chi connectivity index (χ2n) is 8.69. The minimum Gasteiger partial charge on any atom is -0.462 e. The minimum atomic E-state index is -0.333. The maximum absolute atomic E-state index is 12.4. The van der Waals surface area contributed by atoms with Crippen LogP contribution in [0.15, 0.2) is 67.0 Å². The third kappa shape index (κ3) is 4.88. The highest BCUT2D eigenvalue weighted by Crippen LogP contribution is 2.25. The van der Waals surface area contributed by atoms with Crippen LogP contribution in [0.5, 0.6) is 0 Å². The number of ether oxygens (including phenoxy) is 1.